The Bertz CT molecular complexity index is 734. The van der Waals surface area contributed by atoms with Crippen molar-refractivity contribution < 1.29 is 9.59 Å². The van der Waals surface area contributed by atoms with Crippen molar-refractivity contribution in [1.82, 2.24) is 10.3 Å². The zero-order chi connectivity index (χ0) is 17.7. The molecular weight excluding hydrogens is 302 g/mol. The van der Waals surface area contributed by atoms with Gasteiger partial charge in [0.25, 0.3) is 11.8 Å². The molecule has 5 heteroatoms. The molecule has 0 radical (unpaired) electrons. The van der Waals surface area contributed by atoms with Crippen LogP contribution in [0.1, 0.15) is 45.7 Å². The maximum Gasteiger partial charge on any atom is 0.257 e. The highest BCUT2D eigenvalue weighted by Gasteiger charge is 2.13. The molecule has 0 aliphatic heterocycles. The third kappa shape index (κ3) is 4.41. The van der Waals surface area contributed by atoms with E-state index < -0.39 is 0 Å². The summed E-state index contributed by atoms with van der Waals surface area (Å²) in [5.74, 6) is -0.145. The van der Waals surface area contributed by atoms with E-state index >= 15 is 0 Å². The van der Waals surface area contributed by atoms with E-state index in [2.05, 4.69) is 15.6 Å². The minimum absolute atomic E-state index is 0.224. The van der Waals surface area contributed by atoms with Crippen LogP contribution in [0.15, 0.2) is 36.7 Å². The fourth-order valence-corrected chi connectivity index (χ4v) is 2.28. The average Bonchev–Trinajstić information content (AvgIpc) is 2.56. The Labute approximate surface area is 142 Å². The van der Waals surface area contributed by atoms with Crippen LogP contribution in [0.3, 0.4) is 0 Å². The minimum atomic E-state index is -0.279. The summed E-state index contributed by atoms with van der Waals surface area (Å²) in [6, 6.07) is 7.39. The van der Waals surface area contributed by atoms with Crippen LogP contribution in [0.5, 0.6) is 0 Å². The van der Waals surface area contributed by atoms with Gasteiger partial charge in [-0.25, -0.2) is 0 Å². The van der Waals surface area contributed by atoms with Crippen molar-refractivity contribution in [3.05, 3.63) is 58.9 Å². The molecule has 2 N–H and O–H groups in total. The predicted octanol–water partition coefficient (Wildman–Crippen LogP) is 3.34. The predicted molar refractivity (Wildman–Crippen MR) is 95.3 cm³/mol. The number of carbonyl (C=O) groups is 2. The van der Waals surface area contributed by atoms with Gasteiger partial charge in [-0.1, -0.05) is 32.0 Å². The summed E-state index contributed by atoms with van der Waals surface area (Å²) in [4.78, 5) is 28.6. The van der Waals surface area contributed by atoms with Gasteiger partial charge < -0.3 is 10.6 Å². The highest BCUT2D eigenvalue weighted by molar-refractivity contribution is 6.06. The molecule has 0 spiro atoms. The second-order valence-corrected chi connectivity index (χ2v) is 6.29. The van der Waals surface area contributed by atoms with Crippen molar-refractivity contribution in [3.63, 3.8) is 0 Å². The zero-order valence-electron chi connectivity index (χ0n) is 14.5. The van der Waals surface area contributed by atoms with Gasteiger partial charge in [-0.05, 0) is 37.0 Å². The number of pyridine rings is 1. The maximum absolute atomic E-state index is 12.5. The molecular formula is C19H23N3O2. The van der Waals surface area contributed by atoms with Crippen molar-refractivity contribution in [3.8, 4) is 0 Å². The Morgan fingerprint density at radius 3 is 2.21 bits per heavy atom. The van der Waals surface area contributed by atoms with Gasteiger partial charge in [0.1, 0.15) is 0 Å². The lowest BCUT2D eigenvalue weighted by Crippen LogP contribution is -2.27. The molecule has 0 saturated carbocycles. The van der Waals surface area contributed by atoms with Crippen LogP contribution in [0.4, 0.5) is 5.69 Å². The SMILES string of the molecule is Cc1cccc(C)c1NC(=O)c1cncc(C(=O)NCC(C)C)c1. The van der Waals surface area contributed by atoms with Crippen LogP contribution in [-0.4, -0.2) is 23.3 Å². The molecule has 0 unspecified atom stereocenters. The molecule has 1 aromatic carbocycles. The maximum atomic E-state index is 12.5. The lowest BCUT2D eigenvalue weighted by atomic mass is 10.1. The number of rotatable bonds is 5. The van der Waals surface area contributed by atoms with Crippen LogP contribution in [-0.2, 0) is 0 Å². The van der Waals surface area contributed by atoms with Gasteiger partial charge in [0, 0.05) is 24.6 Å². The van der Waals surface area contributed by atoms with E-state index in [0.717, 1.165) is 16.8 Å². The van der Waals surface area contributed by atoms with Crippen molar-refractivity contribution in [2.75, 3.05) is 11.9 Å². The summed E-state index contributed by atoms with van der Waals surface area (Å²) in [5.41, 5.74) is 3.50. The van der Waals surface area contributed by atoms with Gasteiger partial charge in [-0.3, -0.25) is 14.6 Å². The number of aromatic nitrogens is 1. The van der Waals surface area contributed by atoms with Crippen LogP contribution < -0.4 is 10.6 Å². The molecule has 24 heavy (non-hydrogen) atoms. The van der Waals surface area contributed by atoms with E-state index in [9.17, 15) is 9.59 Å². The molecule has 0 bridgehead atoms. The molecule has 1 aromatic heterocycles. The number of hydrogen-bond donors (Lipinski definition) is 2. The summed E-state index contributed by atoms with van der Waals surface area (Å²) < 4.78 is 0. The van der Waals surface area contributed by atoms with Crippen LogP contribution in [0.25, 0.3) is 0 Å². The Morgan fingerprint density at radius 1 is 1.04 bits per heavy atom. The second-order valence-electron chi connectivity index (χ2n) is 6.29. The van der Waals surface area contributed by atoms with E-state index in [1.165, 1.54) is 12.4 Å². The molecule has 0 saturated heterocycles. The summed E-state index contributed by atoms with van der Waals surface area (Å²) in [7, 11) is 0. The van der Waals surface area contributed by atoms with Crippen LogP contribution >= 0.6 is 0 Å². The topological polar surface area (TPSA) is 71.1 Å². The fraction of sp³-hybridized carbons (Fsp3) is 0.316. The van der Waals surface area contributed by atoms with E-state index in [1.54, 1.807) is 6.07 Å². The van der Waals surface area contributed by atoms with Crippen molar-refractivity contribution >= 4 is 17.5 Å². The standard InChI is InChI=1S/C19H23N3O2/c1-12(2)9-21-18(23)15-8-16(11-20-10-15)19(24)22-17-13(3)6-5-7-14(17)4/h5-8,10-12H,9H2,1-4H3,(H,21,23)(H,22,24). The first kappa shape index (κ1) is 17.7. The van der Waals surface area contributed by atoms with Crippen LogP contribution in [0, 0.1) is 19.8 Å². The fourth-order valence-electron chi connectivity index (χ4n) is 2.28. The van der Waals surface area contributed by atoms with Crippen LogP contribution in [0.2, 0.25) is 0 Å². The minimum Gasteiger partial charge on any atom is -0.352 e. The molecule has 0 aliphatic rings. The lowest BCUT2D eigenvalue weighted by Gasteiger charge is -2.12. The summed E-state index contributed by atoms with van der Waals surface area (Å²) >= 11 is 0. The van der Waals surface area contributed by atoms with Gasteiger partial charge in [-0.15, -0.1) is 0 Å². The Morgan fingerprint density at radius 2 is 1.62 bits per heavy atom. The smallest absolute Gasteiger partial charge is 0.257 e. The Hall–Kier alpha value is -2.69. The molecule has 126 valence electrons. The van der Waals surface area contributed by atoms with Gasteiger partial charge >= 0.3 is 0 Å². The van der Waals surface area contributed by atoms with Gasteiger partial charge in [0.05, 0.1) is 11.1 Å². The van der Waals surface area contributed by atoms with Gasteiger partial charge in [-0.2, -0.15) is 0 Å². The zero-order valence-corrected chi connectivity index (χ0v) is 14.5. The first-order valence-corrected chi connectivity index (χ1v) is 7.99. The monoisotopic (exact) mass is 325 g/mol. The lowest BCUT2D eigenvalue weighted by molar-refractivity contribution is 0.0948. The number of nitrogens with zero attached hydrogens (tertiary/aromatic N) is 1. The van der Waals surface area contributed by atoms with E-state index in [1.807, 2.05) is 45.9 Å². The summed E-state index contributed by atoms with van der Waals surface area (Å²) in [6.45, 7) is 8.50. The number of para-hydroxylation sites is 1. The van der Waals surface area contributed by atoms with Crippen molar-refractivity contribution in [2.24, 2.45) is 5.92 Å². The second kappa shape index (κ2) is 7.73. The number of anilines is 1. The normalized spacial score (nSPS) is 10.5. The van der Waals surface area contributed by atoms with E-state index in [4.69, 9.17) is 0 Å². The number of aryl methyl sites for hydroxylation is 2. The van der Waals surface area contributed by atoms with Gasteiger partial charge in [0.15, 0.2) is 0 Å². The molecule has 2 aromatic rings. The highest BCUT2D eigenvalue weighted by Crippen LogP contribution is 2.20. The highest BCUT2D eigenvalue weighted by atomic mass is 16.2. The Balaban J connectivity index is 2.16. The largest absolute Gasteiger partial charge is 0.352 e. The molecule has 1 heterocycles. The molecule has 2 rings (SSSR count). The van der Waals surface area contributed by atoms with Crippen molar-refractivity contribution in [1.29, 1.82) is 0 Å². The van der Waals surface area contributed by atoms with E-state index in [0.29, 0.717) is 23.6 Å². The third-order valence-corrected chi connectivity index (χ3v) is 3.65. The quantitative estimate of drug-likeness (QED) is 0.885. The number of benzene rings is 1. The summed E-state index contributed by atoms with van der Waals surface area (Å²) in [6.07, 6.45) is 2.92. The first-order valence-electron chi connectivity index (χ1n) is 7.99. The molecule has 2 amide bonds. The molecule has 5 nitrogen and oxygen atoms in total. The molecule has 0 fully saturated rings. The first-order chi connectivity index (χ1) is 11.4. The number of carbonyl (C=O) groups excluding carboxylic acids is 2. The number of hydrogen-bond acceptors (Lipinski definition) is 3. The Kier molecular flexibility index (Phi) is 5.68. The molecule has 0 atom stereocenters. The average molecular weight is 325 g/mol. The number of nitrogens with one attached hydrogen (secondary N) is 2. The van der Waals surface area contributed by atoms with E-state index in [-0.39, 0.29) is 11.8 Å². The van der Waals surface area contributed by atoms with Crippen molar-refractivity contribution in [2.45, 2.75) is 27.7 Å². The molecule has 0 aliphatic carbocycles. The number of amides is 2. The third-order valence-electron chi connectivity index (χ3n) is 3.65. The van der Waals surface area contributed by atoms with Gasteiger partial charge in [0.2, 0.25) is 0 Å². The summed E-state index contributed by atoms with van der Waals surface area (Å²) in [5, 5.41) is 5.72.